The number of hydrogen-bond acceptors (Lipinski definition) is 3. The van der Waals surface area contributed by atoms with Crippen LogP contribution in [0.15, 0.2) is 24.3 Å². The highest BCUT2D eigenvalue weighted by Crippen LogP contribution is 2.12. The van der Waals surface area contributed by atoms with Crippen molar-refractivity contribution in [2.24, 2.45) is 5.41 Å². The second-order valence-electron chi connectivity index (χ2n) is 6.59. The summed E-state index contributed by atoms with van der Waals surface area (Å²) in [4.78, 5) is 25.4. The van der Waals surface area contributed by atoms with Gasteiger partial charge in [0.05, 0.1) is 0 Å². The van der Waals surface area contributed by atoms with Crippen molar-refractivity contribution >= 4 is 17.5 Å². The second kappa shape index (κ2) is 7.82. The molecule has 0 aromatic heterocycles. The van der Waals surface area contributed by atoms with E-state index in [1.54, 1.807) is 0 Å². The van der Waals surface area contributed by atoms with Gasteiger partial charge in [0.2, 0.25) is 11.8 Å². The Morgan fingerprint density at radius 3 is 2.14 bits per heavy atom. The Morgan fingerprint density at radius 2 is 1.64 bits per heavy atom. The molecular formula is C17H27N3O2. The maximum Gasteiger partial charge on any atom is 0.225 e. The molecule has 0 atom stereocenters. The quantitative estimate of drug-likeness (QED) is 0.844. The highest BCUT2D eigenvalue weighted by atomic mass is 16.2. The van der Waals surface area contributed by atoms with Gasteiger partial charge in [0.25, 0.3) is 0 Å². The molecule has 1 aromatic rings. The van der Waals surface area contributed by atoms with Gasteiger partial charge in [0, 0.05) is 44.7 Å². The van der Waals surface area contributed by atoms with Crippen molar-refractivity contribution in [3.63, 3.8) is 0 Å². The van der Waals surface area contributed by atoms with Gasteiger partial charge < -0.3 is 15.5 Å². The fraction of sp³-hybridized carbons (Fsp3) is 0.529. The Bertz CT molecular complexity index is 502. The molecule has 0 aliphatic heterocycles. The summed E-state index contributed by atoms with van der Waals surface area (Å²) in [5.41, 5.74) is 1.75. The van der Waals surface area contributed by atoms with Crippen LogP contribution in [0.25, 0.3) is 0 Å². The van der Waals surface area contributed by atoms with Crippen LogP contribution in [0.1, 0.15) is 32.8 Å². The van der Waals surface area contributed by atoms with Gasteiger partial charge in [0.15, 0.2) is 0 Å². The van der Waals surface area contributed by atoms with Crippen LogP contribution < -0.4 is 15.5 Å². The second-order valence-corrected chi connectivity index (χ2v) is 6.59. The summed E-state index contributed by atoms with van der Waals surface area (Å²) in [5.74, 6) is -0.106. The molecular weight excluding hydrogens is 278 g/mol. The molecule has 0 bridgehead atoms. The largest absolute Gasteiger partial charge is 0.378 e. The Balaban J connectivity index is 2.30. The number of anilines is 1. The van der Waals surface area contributed by atoms with E-state index in [-0.39, 0.29) is 18.2 Å². The van der Waals surface area contributed by atoms with E-state index in [0.29, 0.717) is 13.1 Å². The van der Waals surface area contributed by atoms with E-state index >= 15 is 0 Å². The smallest absolute Gasteiger partial charge is 0.225 e. The summed E-state index contributed by atoms with van der Waals surface area (Å²) in [6.45, 7) is 6.40. The van der Waals surface area contributed by atoms with Crippen molar-refractivity contribution in [3.8, 4) is 0 Å². The first-order valence-electron chi connectivity index (χ1n) is 7.51. The highest BCUT2D eigenvalue weighted by molar-refractivity contribution is 5.82. The number of amides is 2. The molecule has 22 heavy (non-hydrogen) atoms. The lowest BCUT2D eigenvalue weighted by molar-refractivity contribution is -0.128. The monoisotopic (exact) mass is 305 g/mol. The van der Waals surface area contributed by atoms with Crippen LogP contribution in [-0.2, 0) is 16.1 Å². The standard InChI is InChI=1S/C17H27N3O2/c1-17(2,3)16(22)18-11-10-15(21)19-12-13-6-8-14(9-7-13)20(4)5/h6-9H,10-12H2,1-5H3,(H,18,22)(H,19,21). The first kappa shape index (κ1) is 18.0. The number of nitrogens with one attached hydrogen (secondary N) is 2. The summed E-state index contributed by atoms with van der Waals surface area (Å²) in [5, 5.41) is 5.62. The lowest BCUT2D eigenvalue weighted by atomic mass is 9.96. The number of carbonyl (C=O) groups is 2. The Hall–Kier alpha value is -2.04. The summed E-state index contributed by atoms with van der Waals surface area (Å²) in [6.07, 6.45) is 0.289. The maximum atomic E-state index is 11.8. The van der Waals surface area contributed by atoms with Crippen molar-refractivity contribution in [2.75, 3.05) is 25.5 Å². The van der Waals surface area contributed by atoms with Crippen molar-refractivity contribution in [2.45, 2.75) is 33.7 Å². The molecule has 0 unspecified atom stereocenters. The summed E-state index contributed by atoms with van der Waals surface area (Å²) in [6, 6.07) is 8.03. The zero-order valence-corrected chi connectivity index (χ0v) is 14.2. The van der Waals surface area contributed by atoms with Crippen LogP contribution >= 0.6 is 0 Å². The zero-order valence-electron chi connectivity index (χ0n) is 14.2. The fourth-order valence-corrected chi connectivity index (χ4v) is 1.76. The van der Waals surface area contributed by atoms with Crippen LogP contribution in [0.4, 0.5) is 5.69 Å². The molecule has 0 radical (unpaired) electrons. The molecule has 0 fully saturated rings. The molecule has 2 amide bonds. The van der Waals surface area contributed by atoms with Gasteiger partial charge in [-0.25, -0.2) is 0 Å². The third kappa shape index (κ3) is 6.16. The molecule has 2 N–H and O–H groups in total. The minimum Gasteiger partial charge on any atom is -0.378 e. The van der Waals surface area contributed by atoms with Crippen molar-refractivity contribution in [3.05, 3.63) is 29.8 Å². The SMILES string of the molecule is CN(C)c1ccc(CNC(=O)CCNC(=O)C(C)(C)C)cc1. The number of hydrogen-bond donors (Lipinski definition) is 2. The molecule has 0 heterocycles. The molecule has 122 valence electrons. The number of rotatable bonds is 6. The van der Waals surface area contributed by atoms with Gasteiger partial charge in [-0.3, -0.25) is 9.59 Å². The van der Waals surface area contributed by atoms with E-state index in [9.17, 15) is 9.59 Å². The van der Waals surface area contributed by atoms with Crippen molar-refractivity contribution in [1.29, 1.82) is 0 Å². The zero-order chi connectivity index (χ0) is 16.8. The molecule has 1 aromatic carbocycles. The maximum absolute atomic E-state index is 11.8. The minimum absolute atomic E-state index is 0.0421. The Kier molecular flexibility index (Phi) is 6.40. The van der Waals surface area contributed by atoms with Crippen LogP contribution in [0.3, 0.4) is 0 Å². The Labute approximate surface area is 133 Å². The Morgan fingerprint density at radius 1 is 1.05 bits per heavy atom. The topological polar surface area (TPSA) is 61.4 Å². The summed E-state index contributed by atoms with van der Waals surface area (Å²) >= 11 is 0. The third-order valence-electron chi connectivity index (χ3n) is 3.26. The molecule has 0 spiro atoms. The molecule has 0 aliphatic carbocycles. The van der Waals surface area contributed by atoms with Gasteiger partial charge in [0.1, 0.15) is 0 Å². The van der Waals surface area contributed by atoms with E-state index in [1.807, 2.05) is 64.0 Å². The molecule has 0 saturated carbocycles. The first-order chi connectivity index (χ1) is 10.2. The number of carbonyl (C=O) groups excluding carboxylic acids is 2. The molecule has 0 saturated heterocycles. The van der Waals surface area contributed by atoms with E-state index in [0.717, 1.165) is 11.3 Å². The fourth-order valence-electron chi connectivity index (χ4n) is 1.76. The summed E-state index contributed by atoms with van der Waals surface area (Å²) < 4.78 is 0. The normalized spacial score (nSPS) is 11.0. The van der Waals surface area contributed by atoms with E-state index < -0.39 is 5.41 Å². The van der Waals surface area contributed by atoms with Gasteiger partial charge >= 0.3 is 0 Å². The van der Waals surface area contributed by atoms with Crippen LogP contribution in [0.2, 0.25) is 0 Å². The van der Waals surface area contributed by atoms with E-state index in [2.05, 4.69) is 10.6 Å². The van der Waals surface area contributed by atoms with Crippen LogP contribution in [0, 0.1) is 5.41 Å². The van der Waals surface area contributed by atoms with Gasteiger partial charge in [-0.2, -0.15) is 0 Å². The van der Waals surface area contributed by atoms with Crippen LogP contribution in [0.5, 0.6) is 0 Å². The lowest BCUT2D eigenvalue weighted by Gasteiger charge is -2.17. The first-order valence-corrected chi connectivity index (χ1v) is 7.51. The minimum atomic E-state index is -0.426. The van der Waals surface area contributed by atoms with E-state index in [1.165, 1.54) is 0 Å². The van der Waals surface area contributed by atoms with Gasteiger partial charge in [-0.15, -0.1) is 0 Å². The van der Waals surface area contributed by atoms with Crippen molar-refractivity contribution in [1.82, 2.24) is 10.6 Å². The van der Waals surface area contributed by atoms with E-state index in [4.69, 9.17) is 0 Å². The average Bonchev–Trinajstić information content (AvgIpc) is 2.44. The van der Waals surface area contributed by atoms with Gasteiger partial charge in [-0.1, -0.05) is 32.9 Å². The molecule has 5 nitrogen and oxygen atoms in total. The molecule has 5 heteroatoms. The van der Waals surface area contributed by atoms with Gasteiger partial charge in [-0.05, 0) is 17.7 Å². The molecule has 1 rings (SSSR count). The predicted molar refractivity (Wildman–Crippen MR) is 89.7 cm³/mol. The third-order valence-corrected chi connectivity index (χ3v) is 3.26. The van der Waals surface area contributed by atoms with Crippen molar-refractivity contribution < 1.29 is 9.59 Å². The van der Waals surface area contributed by atoms with Crippen LogP contribution in [-0.4, -0.2) is 32.5 Å². The summed E-state index contributed by atoms with van der Waals surface area (Å²) in [7, 11) is 3.98. The molecule has 0 aliphatic rings. The highest BCUT2D eigenvalue weighted by Gasteiger charge is 2.20. The average molecular weight is 305 g/mol. The lowest BCUT2D eigenvalue weighted by Crippen LogP contribution is -2.37. The number of nitrogens with zero attached hydrogens (tertiary/aromatic N) is 1. The number of benzene rings is 1. The predicted octanol–water partition coefficient (Wildman–Crippen LogP) is 1.92.